The second kappa shape index (κ2) is 7.95. The Bertz CT molecular complexity index is 544. The maximum atomic E-state index is 5.68. The smallest absolute Gasteiger partial charge is 0.137 e. The van der Waals surface area contributed by atoms with E-state index in [4.69, 9.17) is 4.74 Å². The van der Waals surface area contributed by atoms with Gasteiger partial charge in [-0.15, -0.1) is 11.3 Å². The van der Waals surface area contributed by atoms with Gasteiger partial charge in [0.15, 0.2) is 0 Å². The lowest BCUT2D eigenvalue weighted by Crippen LogP contribution is -2.21. The highest BCUT2D eigenvalue weighted by Crippen LogP contribution is 2.28. The van der Waals surface area contributed by atoms with Crippen molar-refractivity contribution in [3.05, 3.63) is 43.9 Å². The van der Waals surface area contributed by atoms with Crippen LogP contribution in [0.4, 0.5) is 0 Å². The van der Waals surface area contributed by atoms with Crippen molar-refractivity contribution in [1.82, 2.24) is 10.3 Å². The maximum absolute atomic E-state index is 5.68. The summed E-state index contributed by atoms with van der Waals surface area (Å²) in [5.74, 6) is 0.845. The molecular weight excluding hydrogens is 383 g/mol. The van der Waals surface area contributed by atoms with Gasteiger partial charge in [0, 0.05) is 6.20 Å². The first kappa shape index (κ1) is 15.7. The van der Waals surface area contributed by atoms with Crippen LogP contribution in [0, 0.1) is 2.88 Å². The summed E-state index contributed by atoms with van der Waals surface area (Å²) >= 11 is 4.12. The van der Waals surface area contributed by atoms with Crippen LogP contribution in [0.5, 0.6) is 5.75 Å². The Hall–Kier alpha value is -0.660. The molecule has 20 heavy (non-hydrogen) atoms. The Morgan fingerprint density at radius 1 is 1.30 bits per heavy atom. The average Bonchev–Trinajstić information content (AvgIpc) is 2.89. The van der Waals surface area contributed by atoms with Crippen LogP contribution in [0.25, 0.3) is 0 Å². The topological polar surface area (TPSA) is 34.1 Å². The monoisotopic (exact) mass is 402 g/mol. The summed E-state index contributed by atoms with van der Waals surface area (Å²) in [5.41, 5.74) is 2.44. The standard InChI is InChI=1S/C15H19IN2OS/c1-3-5-19-13-6-11(8-17-9-13)15(18-4-2)12-7-14(16)20-10-12/h6-10,15,18H,3-5H2,1-2H3. The molecule has 0 radical (unpaired) electrons. The van der Waals surface area contributed by atoms with Gasteiger partial charge in [-0.3, -0.25) is 4.98 Å². The molecule has 1 N–H and O–H groups in total. The lowest BCUT2D eigenvalue weighted by atomic mass is 10.0. The number of hydrogen-bond donors (Lipinski definition) is 1. The van der Waals surface area contributed by atoms with Crippen LogP contribution in [-0.4, -0.2) is 18.1 Å². The number of ether oxygens (including phenoxy) is 1. The summed E-state index contributed by atoms with van der Waals surface area (Å²) < 4.78 is 6.97. The lowest BCUT2D eigenvalue weighted by Gasteiger charge is -2.17. The van der Waals surface area contributed by atoms with Crippen LogP contribution < -0.4 is 10.1 Å². The van der Waals surface area contributed by atoms with Gasteiger partial charge in [0.25, 0.3) is 0 Å². The third-order valence-corrected chi connectivity index (χ3v) is 4.68. The fraction of sp³-hybridized carbons (Fsp3) is 0.400. The Labute approximate surface area is 137 Å². The molecule has 2 rings (SSSR count). The number of rotatable bonds is 7. The van der Waals surface area contributed by atoms with E-state index < -0.39 is 0 Å². The van der Waals surface area contributed by atoms with E-state index in [0.717, 1.165) is 30.9 Å². The summed E-state index contributed by atoms with van der Waals surface area (Å²) in [4.78, 5) is 4.31. The highest BCUT2D eigenvalue weighted by Gasteiger charge is 2.15. The third-order valence-electron chi connectivity index (χ3n) is 2.87. The van der Waals surface area contributed by atoms with Gasteiger partial charge < -0.3 is 10.1 Å². The second-order valence-electron chi connectivity index (χ2n) is 4.48. The van der Waals surface area contributed by atoms with Crippen LogP contribution in [0.2, 0.25) is 0 Å². The van der Waals surface area contributed by atoms with Crippen molar-refractivity contribution in [3.8, 4) is 5.75 Å². The third kappa shape index (κ3) is 4.17. The zero-order valence-electron chi connectivity index (χ0n) is 11.7. The van der Waals surface area contributed by atoms with Gasteiger partial charge in [-0.1, -0.05) is 13.8 Å². The van der Waals surface area contributed by atoms with Gasteiger partial charge in [-0.05, 0) is 64.2 Å². The molecule has 0 bridgehead atoms. The molecule has 0 aromatic carbocycles. The van der Waals surface area contributed by atoms with E-state index in [-0.39, 0.29) is 6.04 Å². The molecule has 0 saturated heterocycles. The van der Waals surface area contributed by atoms with Crippen molar-refractivity contribution in [2.45, 2.75) is 26.3 Å². The van der Waals surface area contributed by atoms with Gasteiger partial charge in [-0.25, -0.2) is 0 Å². The Morgan fingerprint density at radius 2 is 2.15 bits per heavy atom. The molecule has 2 heterocycles. The summed E-state index contributed by atoms with van der Waals surface area (Å²) in [6.45, 7) is 5.87. The van der Waals surface area contributed by atoms with Crippen LogP contribution in [0.15, 0.2) is 29.9 Å². The fourth-order valence-electron chi connectivity index (χ4n) is 2.00. The minimum Gasteiger partial charge on any atom is -0.492 e. The molecule has 108 valence electrons. The van der Waals surface area contributed by atoms with Crippen molar-refractivity contribution in [1.29, 1.82) is 0 Å². The molecule has 3 nitrogen and oxygen atoms in total. The molecule has 0 amide bonds. The Morgan fingerprint density at radius 3 is 2.80 bits per heavy atom. The first-order chi connectivity index (χ1) is 9.74. The summed E-state index contributed by atoms with van der Waals surface area (Å²) in [6.07, 6.45) is 4.69. The highest BCUT2D eigenvalue weighted by atomic mass is 127. The number of aromatic nitrogens is 1. The number of nitrogens with zero attached hydrogens (tertiary/aromatic N) is 1. The summed E-state index contributed by atoms with van der Waals surface area (Å²) in [7, 11) is 0. The van der Waals surface area contributed by atoms with E-state index in [2.05, 4.69) is 64.3 Å². The minimum absolute atomic E-state index is 0.178. The van der Waals surface area contributed by atoms with E-state index in [1.54, 1.807) is 17.5 Å². The average molecular weight is 402 g/mol. The number of hydrogen-bond acceptors (Lipinski definition) is 4. The van der Waals surface area contributed by atoms with Crippen molar-refractivity contribution in [3.63, 3.8) is 0 Å². The molecular formula is C15H19IN2OS. The van der Waals surface area contributed by atoms with Crippen molar-refractivity contribution >= 4 is 33.9 Å². The van der Waals surface area contributed by atoms with Gasteiger partial charge >= 0.3 is 0 Å². The first-order valence-electron chi connectivity index (χ1n) is 6.79. The number of halogens is 1. The largest absolute Gasteiger partial charge is 0.492 e. The molecule has 0 aliphatic carbocycles. The zero-order valence-corrected chi connectivity index (χ0v) is 14.7. The lowest BCUT2D eigenvalue weighted by molar-refractivity contribution is 0.315. The maximum Gasteiger partial charge on any atom is 0.137 e. The molecule has 1 atom stereocenters. The Balaban J connectivity index is 2.24. The SMILES string of the molecule is CCCOc1cncc(C(NCC)c2csc(I)c2)c1. The summed E-state index contributed by atoms with van der Waals surface area (Å²) in [6, 6.07) is 4.48. The van der Waals surface area contributed by atoms with Crippen molar-refractivity contribution < 1.29 is 4.74 Å². The van der Waals surface area contributed by atoms with Gasteiger partial charge in [-0.2, -0.15) is 0 Å². The molecule has 1 unspecified atom stereocenters. The number of pyridine rings is 1. The van der Waals surface area contributed by atoms with Crippen LogP contribution in [0.3, 0.4) is 0 Å². The Kier molecular flexibility index (Phi) is 6.25. The van der Waals surface area contributed by atoms with E-state index in [9.17, 15) is 0 Å². The van der Waals surface area contributed by atoms with E-state index in [0.29, 0.717) is 0 Å². The molecule has 5 heteroatoms. The van der Waals surface area contributed by atoms with E-state index >= 15 is 0 Å². The molecule has 0 saturated carbocycles. The highest BCUT2D eigenvalue weighted by molar-refractivity contribution is 14.1. The van der Waals surface area contributed by atoms with Crippen LogP contribution in [0.1, 0.15) is 37.4 Å². The molecule has 0 aliphatic rings. The number of thiophene rings is 1. The van der Waals surface area contributed by atoms with Crippen molar-refractivity contribution in [2.75, 3.05) is 13.2 Å². The molecule has 0 fully saturated rings. The van der Waals surface area contributed by atoms with Crippen LogP contribution in [-0.2, 0) is 0 Å². The molecule has 2 aromatic rings. The first-order valence-corrected chi connectivity index (χ1v) is 8.75. The van der Waals surface area contributed by atoms with Gasteiger partial charge in [0.2, 0.25) is 0 Å². The zero-order chi connectivity index (χ0) is 14.4. The summed E-state index contributed by atoms with van der Waals surface area (Å²) in [5, 5.41) is 5.72. The molecule has 2 aromatic heterocycles. The predicted octanol–water partition coefficient (Wildman–Crippen LogP) is 4.24. The fourth-order valence-corrected chi connectivity index (χ4v) is 3.40. The van der Waals surface area contributed by atoms with E-state index in [1.807, 2.05) is 6.20 Å². The van der Waals surface area contributed by atoms with Gasteiger partial charge in [0.1, 0.15) is 5.75 Å². The van der Waals surface area contributed by atoms with Crippen LogP contribution >= 0.6 is 33.9 Å². The predicted molar refractivity (Wildman–Crippen MR) is 92.6 cm³/mol. The molecule has 0 spiro atoms. The number of nitrogens with one attached hydrogen (secondary N) is 1. The second-order valence-corrected chi connectivity index (χ2v) is 7.28. The van der Waals surface area contributed by atoms with Gasteiger partial charge in [0.05, 0.1) is 21.7 Å². The quantitative estimate of drug-likeness (QED) is 0.704. The molecule has 0 aliphatic heterocycles. The van der Waals surface area contributed by atoms with E-state index in [1.165, 1.54) is 8.45 Å². The van der Waals surface area contributed by atoms with Crippen molar-refractivity contribution in [2.24, 2.45) is 0 Å². The normalized spacial score (nSPS) is 12.3. The minimum atomic E-state index is 0.178.